The van der Waals surface area contributed by atoms with Gasteiger partial charge in [0, 0.05) is 17.6 Å². The van der Waals surface area contributed by atoms with Crippen LogP contribution < -0.4 is 0 Å². The van der Waals surface area contributed by atoms with Crippen LogP contribution in [0.5, 0.6) is 0 Å². The lowest BCUT2D eigenvalue weighted by atomic mass is 10.2. The second-order valence-electron chi connectivity index (χ2n) is 2.23. The summed E-state index contributed by atoms with van der Waals surface area (Å²) < 4.78 is 25.1. The van der Waals surface area contributed by atoms with E-state index in [4.69, 9.17) is 23.2 Å². The molecule has 13 heavy (non-hydrogen) atoms. The Bertz CT molecular complexity index is 320. The minimum absolute atomic E-state index is 0.0253. The number of halogens is 5. The first-order valence-electron chi connectivity index (χ1n) is 3.24. The summed E-state index contributed by atoms with van der Waals surface area (Å²) in [5, 5.41) is 0.139. The van der Waals surface area contributed by atoms with Crippen LogP contribution in [-0.4, -0.2) is 4.98 Å². The van der Waals surface area contributed by atoms with Crippen LogP contribution in [0.1, 0.15) is 17.6 Å². The van der Waals surface area contributed by atoms with Crippen LogP contribution in [0.25, 0.3) is 0 Å². The average molecular weight is 291 g/mol. The van der Waals surface area contributed by atoms with Crippen molar-refractivity contribution >= 4 is 39.1 Å². The molecule has 0 radical (unpaired) electrons. The van der Waals surface area contributed by atoms with Crippen LogP contribution in [0.4, 0.5) is 8.78 Å². The Balaban J connectivity index is 3.30. The molecule has 0 saturated carbocycles. The zero-order chi connectivity index (χ0) is 10.0. The Morgan fingerprint density at radius 3 is 2.62 bits per heavy atom. The molecular formula is C7H4BrCl2F2N. The van der Waals surface area contributed by atoms with Gasteiger partial charge in [-0.15, -0.1) is 11.6 Å². The number of alkyl halides is 3. The number of aromatic nitrogens is 1. The van der Waals surface area contributed by atoms with Crippen LogP contribution in [-0.2, 0) is 5.88 Å². The van der Waals surface area contributed by atoms with Crippen molar-refractivity contribution < 1.29 is 8.78 Å². The zero-order valence-corrected chi connectivity index (χ0v) is 9.30. The van der Waals surface area contributed by atoms with Crippen LogP contribution in [0.3, 0.4) is 0 Å². The van der Waals surface area contributed by atoms with Gasteiger partial charge in [0.2, 0.25) is 0 Å². The van der Waals surface area contributed by atoms with Gasteiger partial charge in [-0.05, 0) is 21.5 Å². The van der Waals surface area contributed by atoms with E-state index in [9.17, 15) is 8.78 Å². The summed E-state index contributed by atoms with van der Waals surface area (Å²) in [6.45, 7) is 0. The normalized spacial score (nSPS) is 10.9. The van der Waals surface area contributed by atoms with E-state index in [-0.39, 0.29) is 22.2 Å². The molecule has 1 heterocycles. The predicted octanol–water partition coefficient (Wildman–Crippen LogP) is 4.17. The van der Waals surface area contributed by atoms with Crippen LogP contribution >= 0.6 is 39.1 Å². The summed E-state index contributed by atoms with van der Waals surface area (Å²) in [6, 6.07) is 0. The number of hydrogen-bond acceptors (Lipinski definition) is 1. The third kappa shape index (κ3) is 2.30. The third-order valence-corrected chi connectivity index (χ3v) is 3.12. The van der Waals surface area contributed by atoms with Crippen molar-refractivity contribution in [2.75, 3.05) is 0 Å². The predicted molar refractivity (Wildman–Crippen MR) is 51.5 cm³/mol. The molecule has 0 saturated heterocycles. The monoisotopic (exact) mass is 289 g/mol. The first kappa shape index (κ1) is 11.1. The maximum absolute atomic E-state index is 12.4. The largest absolute Gasteiger partial charge is 0.265 e. The number of hydrogen-bond donors (Lipinski definition) is 0. The number of rotatable bonds is 2. The molecule has 0 spiro atoms. The van der Waals surface area contributed by atoms with E-state index in [1.165, 1.54) is 0 Å². The molecule has 6 heteroatoms. The summed E-state index contributed by atoms with van der Waals surface area (Å²) >= 11 is 14.2. The lowest BCUT2D eigenvalue weighted by Gasteiger charge is -2.08. The Kier molecular flexibility index (Phi) is 3.88. The summed E-state index contributed by atoms with van der Waals surface area (Å²) in [7, 11) is 0. The maximum Gasteiger partial charge on any atom is 0.265 e. The smallest absolute Gasteiger partial charge is 0.243 e. The van der Waals surface area contributed by atoms with E-state index >= 15 is 0 Å². The summed E-state index contributed by atoms with van der Waals surface area (Å²) in [5.74, 6) is -0.0253. The highest BCUT2D eigenvalue weighted by Crippen LogP contribution is 2.32. The highest BCUT2D eigenvalue weighted by molar-refractivity contribution is 9.10. The van der Waals surface area contributed by atoms with Gasteiger partial charge < -0.3 is 0 Å². The topological polar surface area (TPSA) is 12.9 Å². The third-order valence-electron chi connectivity index (χ3n) is 1.48. The van der Waals surface area contributed by atoms with E-state index in [0.717, 1.165) is 6.20 Å². The van der Waals surface area contributed by atoms with Gasteiger partial charge in [-0.25, -0.2) is 13.8 Å². The van der Waals surface area contributed by atoms with Gasteiger partial charge in [-0.3, -0.25) is 0 Å². The van der Waals surface area contributed by atoms with Gasteiger partial charge in [0.25, 0.3) is 6.43 Å². The SMILES string of the molecule is FC(F)c1cnc(Cl)c(Br)c1CCl. The van der Waals surface area contributed by atoms with Gasteiger partial charge in [-0.1, -0.05) is 11.6 Å². The number of pyridine rings is 1. The van der Waals surface area contributed by atoms with Crippen molar-refractivity contribution in [2.45, 2.75) is 12.3 Å². The summed E-state index contributed by atoms with van der Waals surface area (Å²) in [5.41, 5.74) is 0.0999. The molecule has 0 aromatic carbocycles. The quantitative estimate of drug-likeness (QED) is 0.588. The molecule has 0 aliphatic carbocycles. The molecule has 0 unspecified atom stereocenters. The van der Waals surface area contributed by atoms with Gasteiger partial charge in [-0.2, -0.15) is 0 Å². The lowest BCUT2D eigenvalue weighted by molar-refractivity contribution is 0.150. The summed E-state index contributed by atoms with van der Waals surface area (Å²) in [6.07, 6.45) is -1.55. The Morgan fingerprint density at radius 1 is 1.54 bits per heavy atom. The highest BCUT2D eigenvalue weighted by Gasteiger charge is 2.17. The minimum atomic E-state index is -2.59. The molecule has 0 bridgehead atoms. The van der Waals surface area contributed by atoms with E-state index < -0.39 is 6.43 Å². The first-order valence-corrected chi connectivity index (χ1v) is 4.95. The van der Waals surface area contributed by atoms with Crippen molar-refractivity contribution in [3.63, 3.8) is 0 Å². The molecule has 0 amide bonds. The molecule has 0 aliphatic rings. The zero-order valence-electron chi connectivity index (χ0n) is 6.20. The molecule has 0 atom stereocenters. The molecule has 72 valence electrons. The second kappa shape index (κ2) is 4.53. The van der Waals surface area contributed by atoms with Crippen molar-refractivity contribution in [1.29, 1.82) is 0 Å². The van der Waals surface area contributed by atoms with Crippen LogP contribution in [0.2, 0.25) is 5.15 Å². The molecule has 0 N–H and O–H groups in total. The van der Waals surface area contributed by atoms with E-state index in [2.05, 4.69) is 20.9 Å². The van der Waals surface area contributed by atoms with Gasteiger partial charge in [0.05, 0.1) is 4.47 Å². The Morgan fingerprint density at radius 2 is 2.15 bits per heavy atom. The minimum Gasteiger partial charge on any atom is -0.243 e. The van der Waals surface area contributed by atoms with Gasteiger partial charge in [0.1, 0.15) is 5.15 Å². The van der Waals surface area contributed by atoms with Gasteiger partial charge in [0.15, 0.2) is 0 Å². The fourth-order valence-electron chi connectivity index (χ4n) is 0.836. The maximum atomic E-state index is 12.4. The van der Waals surface area contributed by atoms with Crippen molar-refractivity contribution in [3.05, 3.63) is 26.9 Å². The van der Waals surface area contributed by atoms with E-state index in [1.807, 2.05) is 0 Å². The van der Waals surface area contributed by atoms with Crippen molar-refractivity contribution in [2.24, 2.45) is 0 Å². The Labute approximate surface area is 92.2 Å². The molecule has 1 nitrogen and oxygen atoms in total. The second-order valence-corrected chi connectivity index (χ2v) is 3.65. The summed E-state index contributed by atoms with van der Waals surface area (Å²) in [4.78, 5) is 3.59. The average Bonchev–Trinajstić information content (AvgIpc) is 2.09. The first-order chi connectivity index (χ1) is 6.07. The molecule has 1 rings (SSSR count). The van der Waals surface area contributed by atoms with E-state index in [1.54, 1.807) is 0 Å². The number of nitrogens with zero attached hydrogens (tertiary/aromatic N) is 1. The highest BCUT2D eigenvalue weighted by atomic mass is 79.9. The Hall–Kier alpha value is 0.0700. The fourth-order valence-corrected chi connectivity index (χ4v) is 1.92. The van der Waals surface area contributed by atoms with Crippen LogP contribution in [0.15, 0.2) is 10.7 Å². The van der Waals surface area contributed by atoms with Crippen molar-refractivity contribution in [1.82, 2.24) is 4.98 Å². The molecule has 1 aromatic rings. The van der Waals surface area contributed by atoms with Crippen LogP contribution in [0, 0.1) is 0 Å². The lowest BCUT2D eigenvalue weighted by Crippen LogP contribution is -1.96. The molecule has 0 aliphatic heterocycles. The van der Waals surface area contributed by atoms with E-state index in [0.29, 0.717) is 4.47 Å². The molecule has 0 fully saturated rings. The molecular weight excluding hydrogens is 287 g/mol. The van der Waals surface area contributed by atoms with Crippen molar-refractivity contribution in [3.8, 4) is 0 Å². The van der Waals surface area contributed by atoms with Gasteiger partial charge >= 0.3 is 0 Å². The molecule has 1 aromatic heterocycles. The standard InChI is InChI=1S/C7H4BrCl2F2N/c8-5-3(1-9)4(7(11)12)2-13-6(5)10/h2,7H,1H2. The fraction of sp³-hybridized carbons (Fsp3) is 0.286.